The molecule has 4 heteroatoms. The van der Waals surface area contributed by atoms with Crippen LogP contribution in [0.2, 0.25) is 5.02 Å². The number of carbonyl (C=O) groups excluding carboxylic acids is 1. The van der Waals surface area contributed by atoms with E-state index >= 15 is 0 Å². The monoisotopic (exact) mass is 377 g/mol. The number of halogens is 2. The zero-order valence-corrected chi connectivity index (χ0v) is 13.5. The zero-order chi connectivity index (χ0) is 13.3. The Bertz CT molecular complexity index is 473. The van der Waals surface area contributed by atoms with Gasteiger partial charge in [-0.15, -0.1) is 0 Å². The Kier molecular flexibility index (Phi) is 4.22. The van der Waals surface area contributed by atoms with Gasteiger partial charge in [-0.1, -0.05) is 31.9 Å². The molecule has 18 heavy (non-hydrogen) atoms. The quantitative estimate of drug-likeness (QED) is 0.767. The van der Waals surface area contributed by atoms with Gasteiger partial charge in [-0.25, -0.2) is 0 Å². The predicted octanol–water partition coefficient (Wildman–Crippen LogP) is 4.25. The van der Waals surface area contributed by atoms with Gasteiger partial charge in [-0.3, -0.25) is 4.79 Å². The van der Waals surface area contributed by atoms with E-state index in [1.165, 1.54) is 12.8 Å². The molecule has 0 saturated heterocycles. The Morgan fingerprint density at radius 3 is 2.83 bits per heavy atom. The van der Waals surface area contributed by atoms with Gasteiger partial charge in [0.2, 0.25) is 0 Å². The first-order chi connectivity index (χ1) is 8.40. The van der Waals surface area contributed by atoms with Crippen LogP contribution < -0.4 is 5.32 Å². The van der Waals surface area contributed by atoms with Crippen LogP contribution in [0.4, 0.5) is 0 Å². The molecular formula is C14H17ClINO. The van der Waals surface area contributed by atoms with Gasteiger partial charge in [0.1, 0.15) is 0 Å². The molecule has 0 aliphatic heterocycles. The van der Waals surface area contributed by atoms with Gasteiger partial charge in [-0.2, -0.15) is 0 Å². The molecule has 1 aliphatic carbocycles. The van der Waals surface area contributed by atoms with Gasteiger partial charge in [0, 0.05) is 14.6 Å². The van der Waals surface area contributed by atoms with E-state index in [-0.39, 0.29) is 17.4 Å². The minimum Gasteiger partial charge on any atom is -0.349 e. The van der Waals surface area contributed by atoms with Gasteiger partial charge < -0.3 is 5.32 Å². The summed E-state index contributed by atoms with van der Waals surface area (Å²) in [6, 6.07) is 5.68. The lowest BCUT2D eigenvalue weighted by Gasteiger charge is -2.28. The minimum absolute atomic E-state index is 0.0122. The Hall–Kier alpha value is -0.290. The van der Waals surface area contributed by atoms with Crippen molar-refractivity contribution in [3.63, 3.8) is 0 Å². The number of benzene rings is 1. The molecule has 2 nitrogen and oxygen atoms in total. The molecule has 98 valence electrons. The van der Waals surface area contributed by atoms with Crippen molar-refractivity contribution >= 4 is 40.1 Å². The van der Waals surface area contributed by atoms with E-state index in [4.69, 9.17) is 11.6 Å². The molecule has 2 rings (SSSR count). The summed E-state index contributed by atoms with van der Waals surface area (Å²) in [4.78, 5) is 12.3. The first kappa shape index (κ1) is 14.1. The highest BCUT2D eigenvalue weighted by molar-refractivity contribution is 14.1. The topological polar surface area (TPSA) is 29.1 Å². The van der Waals surface area contributed by atoms with Crippen molar-refractivity contribution in [1.82, 2.24) is 5.32 Å². The van der Waals surface area contributed by atoms with Crippen LogP contribution in [0, 0.1) is 8.99 Å². The maximum atomic E-state index is 12.3. The summed E-state index contributed by atoms with van der Waals surface area (Å²) in [5.74, 6) is -0.0122. The number of amides is 1. The zero-order valence-electron chi connectivity index (χ0n) is 10.6. The summed E-state index contributed by atoms with van der Waals surface area (Å²) >= 11 is 8.12. The molecule has 1 unspecified atom stereocenters. The Morgan fingerprint density at radius 2 is 2.22 bits per heavy atom. The molecule has 0 spiro atoms. The third-order valence-corrected chi connectivity index (χ3v) is 4.91. The maximum Gasteiger partial charge on any atom is 0.252 e. The second-order valence-corrected chi connectivity index (χ2v) is 7.13. The fourth-order valence-corrected chi connectivity index (χ4v) is 3.25. The van der Waals surface area contributed by atoms with Crippen LogP contribution in [0.1, 0.15) is 43.5 Å². The molecule has 1 fully saturated rings. The molecule has 1 saturated carbocycles. The molecule has 1 N–H and O–H groups in total. The standard InChI is InChI=1S/C14H17ClINO/c1-14(2)7-3-4-12(14)17-13(18)10-8-9(15)5-6-11(10)16/h5-6,8,12H,3-4,7H2,1-2H3,(H,17,18). The Labute approximate surface area is 127 Å². The highest BCUT2D eigenvalue weighted by Crippen LogP contribution is 2.37. The van der Waals surface area contributed by atoms with Crippen LogP contribution in [0.3, 0.4) is 0 Å². The van der Waals surface area contributed by atoms with Crippen molar-refractivity contribution in [2.45, 2.75) is 39.2 Å². The maximum absolute atomic E-state index is 12.3. The van der Waals surface area contributed by atoms with E-state index in [9.17, 15) is 4.79 Å². The second-order valence-electron chi connectivity index (χ2n) is 5.53. The van der Waals surface area contributed by atoms with Crippen LogP contribution in [0.25, 0.3) is 0 Å². The van der Waals surface area contributed by atoms with Crippen molar-refractivity contribution in [1.29, 1.82) is 0 Å². The van der Waals surface area contributed by atoms with Crippen molar-refractivity contribution < 1.29 is 4.79 Å². The third kappa shape index (κ3) is 2.99. The van der Waals surface area contributed by atoms with E-state index in [0.29, 0.717) is 10.6 Å². The van der Waals surface area contributed by atoms with E-state index in [2.05, 4.69) is 41.8 Å². The second kappa shape index (κ2) is 5.37. The average molecular weight is 378 g/mol. The fourth-order valence-electron chi connectivity index (χ4n) is 2.50. The smallest absolute Gasteiger partial charge is 0.252 e. The molecular weight excluding hydrogens is 361 g/mol. The number of carbonyl (C=O) groups is 1. The molecule has 0 heterocycles. The summed E-state index contributed by atoms with van der Waals surface area (Å²) in [5, 5.41) is 3.75. The first-order valence-corrected chi connectivity index (χ1v) is 7.62. The van der Waals surface area contributed by atoms with Crippen LogP contribution in [-0.4, -0.2) is 11.9 Å². The molecule has 1 aromatic rings. The number of hydrogen-bond acceptors (Lipinski definition) is 1. The molecule has 0 aromatic heterocycles. The molecule has 1 aliphatic rings. The van der Waals surface area contributed by atoms with Crippen LogP contribution in [0.5, 0.6) is 0 Å². The number of hydrogen-bond donors (Lipinski definition) is 1. The summed E-state index contributed by atoms with van der Waals surface area (Å²) in [6.45, 7) is 4.43. The van der Waals surface area contributed by atoms with Gasteiger partial charge in [-0.05, 0) is 59.0 Å². The van der Waals surface area contributed by atoms with Crippen LogP contribution >= 0.6 is 34.2 Å². The SMILES string of the molecule is CC1(C)CCCC1NC(=O)c1cc(Cl)ccc1I. The van der Waals surface area contributed by atoms with Crippen molar-refractivity contribution in [3.05, 3.63) is 32.4 Å². The lowest BCUT2D eigenvalue weighted by Crippen LogP contribution is -2.41. The number of nitrogens with one attached hydrogen (secondary N) is 1. The van der Waals surface area contributed by atoms with E-state index in [1.807, 2.05) is 6.07 Å². The first-order valence-electron chi connectivity index (χ1n) is 6.16. The van der Waals surface area contributed by atoms with Crippen LogP contribution in [-0.2, 0) is 0 Å². The van der Waals surface area contributed by atoms with E-state index in [1.54, 1.807) is 12.1 Å². The van der Waals surface area contributed by atoms with Gasteiger partial charge >= 0.3 is 0 Å². The third-order valence-electron chi connectivity index (χ3n) is 3.74. The summed E-state index contributed by atoms with van der Waals surface area (Å²) < 4.78 is 0.935. The fraction of sp³-hybridized carbons (Fsp3) is 0.500. The van der Waals surface area contributed by atoms with Gasteiger partial charge in [0.15, 0.2) is 0 Å². The largest absolute Gasteiger partial charge is 0.349 e. The van der Waals surface area contributed by atoms with Gasteiger partial charge in [0.25, 0.3) is 5.91 Å². The Morgan fingerprint density at radius 1 is 1.50 bits per heavy atom. The Balaban J connectivity index is 2.15. The predicted molar refractivity (Wildman–Crippen MR) is 83.1 cm³/mol. The molecule has 1 amide bonds. The average Bonchev–Trinajstić information content (AvgIpc) is 2.62. The normalized spacial score (nSPS) is 21.9. The van der Waals surface area contributed by atoms with E-state index < -0.39 is 0 Å². The van der Waals surface area contributed by atoms with Crippen LogP contribution in [0.15, 0.2) is 18.2 Å². The van der Waals surface area contributed by atoms with Gasteiger partial charge in [0.05, 0.1) is 5.56 Å². The van der Waals surface area contributed by atoms with E-state index in [0.717, 1.165) is 9.99 Å². The van der Waals surface area contributed by atoms with Crippen molar-refractivity contribution in [2.24, 2.45) is 5.41 Å². The molecule has 1 atom stereocenters. The lowest BCUT2D eigenvalue weighted by molar-refractivity contribution is 0.0909. The molecule has 0 radical (unpaired) electrons. The highest BCUT2D eigenvalue weighted by atomic mass is 127. The summed E-state index contributed by atoms with van der Waals surface area (Å²) in [5.41, 5.74) is 0.866. The molecule has 1 aromatic carbocycles. The van der Waals surface area contributed by atoms with Crippen molar-refractivity contribution in [2.75, 3.05) is 0 Å². The highest BCUT2D eigenvalue weighted by Gasteiger charge is 2.35. The lowest BCUT2D eigenvalue weighted by atomic mass is 9.87. The van der Waals surface area contributed by atoms with Crippen molar-refractivity contribution in [3.8, 4) is 0 Å². The molecule has 0 bridgehead atoms. The number of rotatable bonds is 2. The minimum atomic E-state index is -0.0122. The summed E-state index contributed by atoms with van der Waals surface area (Å²) in [6.07, 6.45) is 3.42. The summed E-state index contributed by atoms with van der Waals surface area (Å²) in [7, 11) is 0.